The molecule has 2 heterocycles. The van der Waals surface area contributed by atoms with E-state index in [4.69, 9.17) is 0 Å². The molecular weight excluding hydrogens is 398 g/mol. The van der Waals surface area contributed by atoms with Crippen molar-refractivity contribution < 1.29 is 14.7 Å². The first-order valence-corrected chi connectivity index (χ1v) is 11.5. The molecule has 0 aliphatic carbocycles. The number of nitrogens with one attached hydrogen (secondary N) is 1. The maximum Gasteiger partial charge on any atom is 0.271 e. The number of nitrogens with zero attached hydrogens (tertiary/aromatic N) is 2. The van der Waals surface area contributed by atoms with Gasteiger partial charge in [-0.3, -0.25) is 9.59 Å². The second-order valence-corrected chi connectivity index (χ2v) is 9.34. The SMILES string of the molecule is CC(C)C[C@H](NC(=O)c1csc(Cc2ccccc2)n1)C(=O)N1CCC(CO)CC1. The van der Waals surface area contributed by atoms with E-state index >= 15 is 0 Å². The molecule has 1 aromatic heterocycles. The number of hydrogen-bond acceptors (Lipinski definition) is 5. The molecule has 30 heavy (non-hydrogen) atoms. The van der Waals surface area contributed by atoms with E-state index in [1.807, 2.05) is 49.1 Å². The lowest BCUT2D eigenvalue weighted by molar-refractivity contribution is -0.135. The van der Waals surface area contributed by atoms with Crippen molar-refractivity contribution >= 4 is 23.2 Å². The maximum absolute atomic E-state index is 13.1. The van der Waals surface area contributed by atoms with Crippen molar-refractivity contribution in [1.29, 1.82) is 0 Å². The van der Waals surface area contributed by atoms with Gasteiger partial charge in [-0.05, 0) is 36.7 Å². The van der Waals surface area contributed by atoms with E-state index < -0.39 is 6.04 Å². The fraction of sp³-hybridized carbons (Fsp3) is 0.522. The molecule has 0 saturated carbocycles. The highest BCUT2D eigenvalue weighted by Gasteiger charge is 2.30. The van der Waals surface area contributed by atoms with Crippen molar-refractivity contribution in [2.45, 2.75) is 45.6 Å². The summed E-state index contributed by atoms with van der Waals surface area (Å²) in [7, 11) is 0. The lowest BCUT2D eigenvalue weighted by Crippen LogP contribution is -2.51. The van der Waals surface area contributed by atoms with Crippen molar-refractivity contribution in [3.63, 3.8) is 0 Å². The Morgan fingerprint density at radius 1 is 1.23 bits per heavy atom. The molecule has 2 aromatic rings. The highest BCUT2D eigenvalue weighted by Crippen LogP contribution is 2.19. The van der Waals surface area contributed by atoms with Crippen molar-refractivity contribution in [1.82, 2.24) is 15.2 Å². The van der Waals surface area contributed by atoms with Crippen LogP contribution in [-0.4, -0.2) is 52.5 Å². The normalized spacial score (nSPS) is 15.9. The molecule has 1 aromatic carbocycles. The number of rotatable bonds is 8. The van der Waals surface area contributed by atoms with E-state index in [0.29, 0.717) is 31.6 Å². The highest BCUT2D eigenvalue weighted by molar-refractivity contribution is 7.09. The summed E-state index contributed by atoms with van der Waals surface area (Å²) in [6.45, 7) is 5.53. The summed E-state index contributed by atoms with van der Waals surface area (Å²) in [5.41, 5.74) is 1.52. The number of amides is 2. The van der Waals surface area contributed by atoms with E-state index in [2.05, 4.69) is 10.3 Å². The number of benzene rings is 1. The number of aromatic nitrogens is 1. The number of likely N-dealkylation sites (tertiary alicyclic amines) is 1. The van der Waals surface area contributed by atoms with Gasteiger partial charge >= 0.3 is 0 Å². The summed E-state index contributed by atoms with van der Waals surface area (Å²) in [5, 5.41) is 14.9. The summed E-state index contributed by atoms with van der Waals surface area (Å²) in [4.78, 5) is 32.2. The number of carbonyl (C=O) groups excluding carboxylic acids is 2. The van der Waals surface area contributed by atoms with Crippen LogP contribution in [0.5, 0.6) is 0 Å². The van der Waals surface area contributed by atoms with Crippen molar-refractivity contribution in [2.75, 3.05) is 19.7 Å². The summed E-state index contributed by atoms with van der Waals surface area (Å²) < 4.78 is 0. The van der Waals surface area contributed by atoms with Crippen LogP contribution in [0, 0.1) is 11.8 Å². The van der Waals surface area contributed by atoms with Gasteiger partial charge in [0.2, 0.25) is 5.91 Å². The zero-order valence-corrected chi connectivity index (χ0v) is 18.5. The van der Waals surface area contributed by atoms with Crippen molar-refractivity contribution in [3.05, 3.63) is 52.0 Å². The lowest BCUT2D eigenvalue weighted by atomic mass is 9.96. The summed E-state index contributed by atoms with van der Waals surface area (Å²) in [5.74, 6) is 0.214. The largest absolute Gasteiger partial charge is 0.396 e. The quantitative estimate of drug-likeness (QED) is 0.676. The molecule has 3 rings (SSSR count). The number of hydrogen-bond donors (Lipinski definition) is 2. The van der Waals surface area contributed by atoms with Gasteiger partial charge in [0.15, 0.2) is 0 Å². The Labute approximate surface area is 182 Å². The van der Waals surface area contributed by atoms with Gasteiger partial charge in [0.25, 0.3) is 5.91 Å². The number of carbonyl (C=O) groups is 2. The average Bonchev–Trinajstić information content (AvgIpc) is 3.22. The Kier molecular flexibility index (Phi) is 7.99. The van der Waals surface area contributed by atoms with Crippen LogP contribution in [0.2, 0.25) is 0 Å². The standard InChI is InChI=1S/C23H31N3O3S/c1-16(2)12-19(23(29)26-10-8-18(14-27)9-11-26)25-22(28)20-15-30-21(24-20)13-17-6-4-3-5-7-17/h3-7,15-16,18-19,27H,8-14H2,1-2H3,(H,25,28)/t19-/m0/s1. The minimum Gasteiger partial charge on any atom is -0.396 e. The van der Waals surface area contributed by atoms with E-state index in [1.165, 1.54) is 11.3 Å². The molecule has 1 aliphatic heterocycles. The second kappa shape index (κ2) is 10.7. The fourth-order valence-corrected chi connectivity index (χ4v) is 4.56. The second-order valence-electron chi connectivity index (χ2n) is 8.40. The smallest absolute Gasteiger partial charge is 0.271 e. The van der Waals surface area contributed by atoms with Crippen LogP contribution in [0.15, 0.2) is 35.7 Å². The van der Waals surface area contributed by atoms with Crippen LogP contribution in [0.4, 0.5) is 0 Å². The third kappa shape index (κ3) is 6.12. The van der Waals surface area contributed by atoms with Crippen LogP contribution < -0.4 is 5.32 Å². The Balaban J connectivity index is 1.63. The lowest BCUT2D eigenvalue weighted by Gasteiger charge is -2.34. The van der Waals surface area contributed by atoms with Gasteiger partial charge in [-0.25, -0.2) is 4.98 Å². The molecule has 1 aliphatic rings. The molecule has 1 atom stereocenters. The van der Waals surface area contributed by atoms with E-state index in [9.17, 15) is 14.7 Å². The zero-order chi connectivity index (χ0) is 21.5. The first-order chi connectivity index (χ1) is 14.5. The third-order valence-corrected chi connectivity index (χ3v) is 6.33. The molecule has 1 saturated heterocycles. The van der Waals surface area contributed by atoms with Gasteiger partial charge < -0.3 is 15.3 Å². The van der Waals surface area contributed by atoms with Crippen LogP contribution >= 0.6 is 11.3 Å². The molecular formula is C23H31N3O3S. The zero-order valence-electron chi connectivity index (χ0n) is 17.7. The average molecular weight is 430 g/mol. The summed E-state index contributed by atoms with van der Waals surface area (Å²) in [6, 6.07) is 9.48. The molecule has 0 bridgehead atoms. The topological polar surface area (TPSA) is 82.5 Å². The van der Waals surface area contributed by atoms with E-state index in [0.717, 1.165) is 23.4 Å². The van der Waals surface area contributed by atoms with Crippen LogP contribution in [0.25, 0.3) is 0 Å². The highest BCUT2D eigenvalue weighted by atomic mass is 32.1. The monoisotopic (exact) mass is 429 g/mol. The Bertz CT molecular complexity index is 829. The minimum atomic E-state index is -0.553. The molecule has 2 amide bonds. The molecule has 7 heteroatoms. The predicted octanol–water partition coefficient (Wildman–Crippen LogP) is 3.11. The van der Waals surface area contributed by atoms with Gasteiger partial charge in [-0.2, -0.15) is 0 Å². The molecule has 0 radical (unpaired) electrons. The fourth-order valence-electron chi connectivity index (χ4n) is 3.75. The van der Waals surface area contributed by atoms with E-state index in [-0.39, 0.29) is 30.3 Å². The maximum atomic E-state index is 13.1. The molecule has 0 unspecified atom stereocenters. The number of aliphatic hydroxyl groups excluding tert-OH is 1. The molecule has 2 N–H and O–H groups in total. The number of piperidine rings is 1. The predicted molar refractivity (Wildman–Crippen MR) is 118 cm³/mol. The first-order valence-electron chi connectivity index (χ1n) is 10.6. The molecule has 0 spiro atoms. The third-order valence-electron chi connectivity index (χ3n) is 5.48. The summed E-state index contributed by atoms with van der Waals surface area (Å²) in [6.07, 6.45) is 2.89. The molecule has 162 valence electrons. The van der Waals surface area contributed by atoms with Gasteiger partial charge in [-0.15, -0.1) is 11.3 Å². The van der Waals surface area contributed by atoms with Crippen LogP contribution in [0.3, 0.4) is 0 Å². The van der Waals surface area contributed by atoms with Gasteiger partial charge in [0, 0.05) is 31.5 Å². The van der Waals surface area contributed by atoms with Gasteiger partial charge in [-0.1, -0.05) is 44.2 Å². The minimum absolute atomic E-state index is 0.0341. The molecule has 1 fully saturated rings. The van der Waals surface area contributed by atoms with Crippen LogP contribution in [-0.2, 0) is 11.2 Å². The van der Waals surface area contributed by atoms with Crippen molar-refractivity contribution in [3.8, 4) is 0 Å². The first kappa shape index (κ1) is 22.4. The van der Waals surface area contributed by atoms with Crippen LogP contribution in [0.1, 0.15) is 54.2 Å². The number of aliphatic hydroxyl groups is 1. The number of thiazole rings is 1. The Hall–Kier alpha value is -2.25. The van der Waals surface area contributed by atoms with Crippen molar-refractivity contribution in [2.24, 2.45) is 11.8 Å². The van der Waals surface area contributed by atoms with E-state index in [1.54, 1.807) is 5.38 Å². The summed E-state index contributed by atoms with van der Waals surface area (Å²) >= 11 is 1.46. The Morgan fingerprint density at radius 2 is 1.93 bits per heavy atom. The molecule has 6 nitrogen and oxygen atoms in total. The van der Waals surface area contributed by atoms with Gasteiger partial charge in [0.05, 0.1) is 5.01 Å². The Morgan fingerprint density at radius 3 is 2.57 bits per heavy atom. The van der Waals surface area contributed by atoms with Gasteiger partial charge in [0.1, 0.15) is 11.7 Å².